The molecule has 1 aliphatic rings. The van der Waals surface area contributed by atoms with Crippen molar-refractivity contribution in [3.63, 3.8) is 0 Å². The molecule has 2 aromatic heterocycles. The van der Waals surface area contributed by atoms with E-state index in [1.54, 1.807) is 0 Å². The van der Waals surface area contributed by atoms with E-state index in [1.165, 1.54) is 10.4 Å². The number of fused-ring (bicyclic) bond motifs is 1. The number of thiophene rings is 1. The summed E-state index contributed by atoms with van der Waals surface area (Å²) in [6.45, 7) is 3.20. The summed E-state index contributed by atoms with van der Waals surface area (Å²) < 4.78 is 2.24. The Hall–Kier alpha value is -1.29. The van der Waals surface area contributed by atoms with Crippen LogP contribution in [-0.2, 0) is 0 Å². The van der Waals surface area contributed by atoms with Gasteiger partial charge in [-0.25, -0.2) is 4.98 Å². The number of nitrogens with zero attached hydrogens (tertiary/aromatic N) is 2. The van der Waals surface area contributed by atoms with Gasteiger partial charge >= 0.3 is 0 Å². The Balaban J connectivity index is 2.07. The lowest BCUT2D eigenvalue weighted by Gasteiger charge is -2.25. The van der Waals surface area contributed by atoms with Crippen LogP contribution in [-0.4, -0.2) is 16.1 Å². The van der Waals surface area contributed by atoms with Crippen molar-refractivity contribution in [1.82, 2.24) is 9.55 Å². The van der Waals surface area contributed by atoms with Crippen molar-refractivity contribution >= 4 is 17.3 Å². The minimum absolute atomic E-state index is 0.476. The lowest BCUT2D eigenvalue weighted by molar-refractivity contribution is 0.536. The van der Waals surface area contributed by atoms with Crippen LogP contribution in [0.3, 0.4) is 0 Å². The third-order valence-corrected chi connectivity index (χ3v) is 4.03. The predicted molar refractivity (Wildman–Crippen MR) is 62.5 cm³/mol. The van der Waals surface area contributed by atoms with E-state index in [9.17, 15) is 0 Å². The van der Waals surface area contributed by atoms with E-state index >= 15 is 0 Å². The number of aryl methyl sites for hydroxylation is 1. The fourth-order valence-electron chi connectivity index (χ4n) is 2.14. The van der Waals surface area contributed by atoms with Crippen LogP contribution in [0.25, 0.3) is 0 Å². The van der Waals surface area contributed by atoms with Gasteiger partial charge in [0.1, 0.15) is 0 Å². The molecule has 3 heterocycles. The van der Waals surface area contributed by atoms with Crippen LogP contribution in [0.1, 0.15) is 22.9 Å². The van der Waals surface area contributed by atoms with Crippen molar-refractivity contribution < 1.29 is 0 Å². The molecule has 0 radical (unpaired) electrons. The minimum atomic E-state index is 0.476. The van der Waals surface area contributed by atoms with Crippen LogP contribution in [0, 0.1) is 6.92 Å². The van der Waals surface area contributed by atoms with Crippen LogP contribution >= 0.6 is 11.3 Å². The number of rotatable bonds is 1. The second-order valence-corrected chi connectivity index (χ2v) is 4.80. The highest BCUT2D eigenvalue weighted by Gasteiger charge is 2.22. The van der Waals surface area contributed by atoms with Gasteiger partial charge in [0.25, 0.3) is 0 Å². The van der Waals surface area contributed by atoms with Crippen molar-refractivity contribution in [2.75, 3.05) is 11.9 Å². The van der Waals surface area contributed by atoms with Crippen molar-refractivity contribution in [2.24, 2.45) is 0 Å². The molecule has 0 saturated carbocycles. The molecule has 78 valence electrons. The summed E-state index contributed by atoms with van der Waals surface area (Å²) in [6, 6.07) is 2.67. The Morgan fingerprint density at radius 1 is 1.60 bits per heavy atom. The van der Waals surface area contributed by atoms with Gasteiger partial charge in [-0.05, 0) is 30.4 Å². The van der Waals surface area contributed by atoms with E-state index in [2.05, 4.69) is 39.4 Å². The van der Waals surface area contributed by atoms with Gasteiger partial charge in [0, 0.05) is 23.8 Å². The Morgan fingerprint density at radius 2 is 2.53 bits per heavy atom. The van der Waals surface area contributed by atoms with Gasteiger partial charge in [-0.1, -0.05) is 0 Å². The zero-order valence-electron chi connectivity index (χ0n) is 8.60. The highest BCUT2D eigenvalue weighted by Crippen LogP contribution is 2.33. The molecule has 0 amide bonds. The van der Waals surface area contributed by atoms with Crippen LogP contribution < -0.4 is 5.32 Å². The molecule has 3 nitrogen and oxygen atoms in total. The van der Waals surface area contributed by atoms with E-state index in [0.717, 1.165) is 18.9 Å². The third-order valence-electron chi connectivity index (χ3n) is 2.91. The fourth-order valence-corrected chi connectivity index (χ4v) is 3.21. The maximum Gasteiger partial charge on any atom is 0.203 e. The predicted octanol–water partition coefficient (Wildman–Crippen LogP) is 2.66. The highest BCUT2D eigenvalue weighted by molar-refractivity contribution is 7.10. The summed E-state index contributed by atoms with van der Waals surface area (Å²) in [5, 5.41) is 5.48. The number of nitrogens with one attached hydrogen (secondary N) is 1. The summed E-state index contributed by atoms with van der Waals surface area (Å²) in [5.41, 5.74) is 1.39. The Bertz CT molecular complexity index is 472. The molecule has 0 spiro atoms. The maximum absolute atomic E-state index is 4.30. The molecule has 1 atom stereocenters. The van der Waals surface area contributed by atoms with Crippen molar-refractivity contribution in [3.05, 3.63) is 34.3 Å². The average Bonchev–Trinajstić information content (AvgIpc) is 2.85. The molecule has 1 aliphatic heterocycles. The molecule has 2 aromatic rings. The zero-order valence-corrected chi connectivity index (χ0v) is 9.42. The highest BCUT2D eigenvalue weighted by atomic mass is 32.1. The molecule has 0 fully saturated rings. The lowest BCUT2D eigenvalue weighted by Crippen LogP contribution is -2.23. The molecule has 0 bridgehead atoms. The van der Waals surface area contributed by atoms with Gasteiger partial charge in [-0.15, -0.1) is 11.3 Å². The smallest absolute Gasteiger partial charge is 0.203 e. The van der Waals surface area contributed by atoms with Gasteiger partial charge in [0.2, 0.25) is 5.95 Å². The first-order valence-corrected chi connectivity index (χ1v) is 6.05. The van der Waals surface area contributed by atoms with Gasteiger partial charge in [0.05, 0.1) is 6.04 Å². The molecule has 0 aliphatic carbocycles. The van der Waals surface area contributed by atoms with Crippen LogP contribution in [0.5, 0.6) is 0 Å². The summed E-state index contributed by atoms with van der Waals surface area (Å²) in [6.07, 6.45) is 5.07. The molecule has 1 N–H and O–H groups in total. The van der Waals surface area contributed by atoms with E-state index in [1.807, 2.05) is 17.5 Å². The van der Waals surface area contributed by atoms with E-state index in [4.69, 9.17) is 0 Å². The number of anilines is 1. The van der Waals surface area contributed by atoms with Gasteiger partial charge in [-0.3, -0.25) is 0 Å². The Morgan fingerprint density at radius 3 is 3.33 bits per heavy atom. The Labute approximate surface area is 92.8 Å². The molecular formula is C11H13N3S. The molecule has 0 aromatic carbocycles. The Kier molecular flexibility index (Phi) is 2.02. The first kappa shape index (κ1) is 8.97. The largest absolute Gasteiger partial charge is 0.356 e. The fraction of sp³-hybridized carbons (Fsp3) is 0.364. The van der Waals surface area contributed by atoms with Crippen LogP contribution in [0.2, 0.25) is 0 Å². The second-order valence-electron chi connectivity index (χ2n) is 3.86. The van der Waals surface area contributed by atoms with Gasteiger partial charge in [-0.2, -0.15) is 0 Å². The quantitative estimate of drug-likeness (QED) is 0.799. The lowest BCUT2D eigenvalue weighted by atomic mass is 10.1. The maximum atomic E-state index is 4.30. The van der Waals surface area contributed by atoms with Crippen molar-refractivity contribution in [2.45, 2.75) is 19.4 Å². The number of hydrogen-bond donors (Lipinski definition) is 1. The summed E-state index contributed by atoms with van der Waals surface area (Å²) in [7, 11) is 0. The summed E-state index contributed by atoms with van der Waals surface area (Å²) >= 11 is 1.85. The topological polar surface area (TPSA) is 29.9 Å². The summed E-state index contributed by atoms with van der Waals surface area (Å²) in [5.74, 6) is 0.999. The first-order chi connectivity index (χ1) is 7.36. The average molecular weight is 219 g/mol. The third kappa shape index (κ3) is 1.36. The minimum Gasteiger partial charge on any atom is -0.356 e. The van der Waals surface area contributed by atoms with E-state index in [-0.39, 0.29) is 0 Å². The molecule has 15 heavy (non-hydrogen) atoms. The molecular weight excluding hydrogens is 206 g/mol. The van der Waals surface area contributed by atoms with E-state index in [0.29, 0.717) is 6.04 Å². The standard InChI is InChI=1S/C11H13N3S/c1-8-3-7-15-10(8)9-2-4-12-11-13-5-6-14(9)11/h3,5-7,9H,2,4H2,1H3,(H,12,13). The summed E-state index contributed by atoms with van der Waals surface area (Å²) in [4.78, 5) is 5.77. The monoisotopic (exact) mass is 219 g/mol. The number of aromatic nitrogens is 2. The van der Waals surface area contributed by atoms with Crippen molar-refractivity contribution in [1.29, 1.82) is 0 Å². The number of imidazole rings is 1. The van der Waals surface area contributed by atoms with Crippen LogP contribution in [0.15, 0.2) is 23.8 Å². The zero-order chi connectivity index (χ0) is 10.3. The van der Waals surface area contributed by atoms with Gasteiger partial charge in [0.15, 0.2) is 0 Å². The number of hydrogen-bond acceptors (Lipinski definition) is 3. The first-order valence-electron chi connectivity index (χ1n) is 5.17. The molecule has 4 heteroatoms. The normalized spacial score (nSPS) is 19.7. The molecule has 3 rings (SSSR count). The van der Waals surface area contributed by atoms with Crippen molar-refractivity contribution in [3.8, 4) is 0 Å². The molecule has 0 saturated heterocycles. The second kappa shape index (κ2) is 3.38. The molecule has 1 unspecified atom stereocenters. The SMILES string of the molecule is Cc1ccsc1C1CCNc2nccn21. The van der Waals surface area contributed by atoms with E-state index < -0.39 is 0 Å². The van der Waals surface area contributed by atoms with Gasteiger partial charge < -0.3 is 9.88 Å². The van der Waals surface area contributed by atoms with Crippen LogP contribution in [0.4, 0.5) is 5.95 Å².